The molecule has 1 aromatic rings. The van der Waals surface area contributed by atoms with Crippen molar-refractivity contribution in [2.45, 2.75) is 88.9 Å². The molecular weight excluding hydrogens is 380 g/mol. The summed E-state index contributed by atoms with van der Waals surface area (Å²) in [6, 6.07) is 1.87. The van der Waals surface area contributed by atoms with Gasteiger partial charge in [-0.3, -0.25) is 0 Å². The van der Waals surface area contributed by atoms with E-state index in [4.69, 9.17) is 14.3 Å². The first kappa shape index (κ1) is 21.0. The van der Waals surface area contributed by atoms with Crippen LogP contribution in [0.2, 0.25) is 0 Å². The largest absolute Gasteiger partial charge is 0.472 e. The standard InChI is InChI=1S/C25H38O5/c1-22-8-5-19(30-14-12-26)15-17(22)3-4-21-20(22)6-9-23(2)24(27,10-11-25(21,23)28)18-7-13-29-16-18/h7,13,16-17,19-21,26-28H,3-6,8-12,14-15H2,1-2H3/t17?,19?,20-,21-,22+,23-,24?,25-/m1/s1. The first-order valence-electron chi connectivity index (χ1n) is 12.0. The lowest BCUT2D eigenvalue weighted by atomic mass is 9.43. The summed E-state index contributed by atoms with van der Waals surface area (Å²) in [6.07, 6.45) is 12.1. The Bertz CT molecular complexity index is 764. The molecule has 1 heterocycles. The van der Waals surface area contributed by atoms with E-state index in [1.807, 2.05) is 6.07 Å². The van der Waals surface area contributed by atoms with E-state index in [9.17, 15) is 10.2 Å². The van der Waals surface area contributed by atoms with Crippen LogP contribution >= 0.6 is 0 Å². The molecule has 5 rings (SSSR count). The predicted octanol–water partition coefficient (Wildman–Crippen LogP) is 4.00. The first-order chi connectivity index (χ1) is 14.3. The van der Waals surface area contributed by atoms with Gasteiger partial charge in [0.1, 0.15) is 5.60 Å². The van der Waals surface area contributed by atoms with Gasteiger partial charge in [0.25, 0.3) is 0 Å². The molecule has 3 N–H and O–H groups in total. The van der Waals surface area contributed by atoms with Gasteiger partial charge in [0, 0.05) is 11.0 Å². The van der Waals surface area contributed by atoms with Gasteiger partial charge < -0.3 is 24.5 Å². The van der Waals surface area contributed by atoms with E-state index in [2.05, 4.69) is 13.8 Å². The van der Waals surface area contributed by atoms with E-state index in [1.165, 1.54) is 0 Å². The molecule has 0 bridgehead atoms. The summed E-state index contributed by atoms with van der Waals surface area (Å²) in [6.45, 7) is 5.11. The van der Waals surface area contributed by atoms with Crippen molar-refractivity contribution < 1.29 is 24.5 Å². The van der Waals surface area contributed by atoms with Crippen LogP contribution in [0.25, 0.3) is 0 Å². The summed E-state index contributed by atoms with van der Waals surface area (Å²) in [7, 11) is 0. The molecule has 30 heavy (non-hydrogen) atoms. The second-order valence-electron chi connectivity index (χ2n) is 11.2. The average Bonchev–Trinajstić information content (AvgIpc) is 3.34. The number of hydrogen-bond acceptors (Lipinski definition) is 5. The fourth-order valence-corrected chi connectivity index (χ4v) is 8.54. The van der Waals surface area contributed by atoms with Crippen molar-refractivity contribution >= 4 is 0 Å². The van der Waals surface area contributed by atoms with Gasteiger partial charge in [0.2, 0.25) is 0 Å². The molecule has 0 spiro atoms. The molecule has 0 amide bonds. The van der Waals surface area contributed by atoms with Gasteiger partial charge in [-0.1, -0.05) is 13.8 Å². The van der Waals surface area contributed by atoms with Crippen molar-refractivity contribution in [1.29, 1.82) is 0 Å². The van der Waals surface area contributed by atoms with Crippen LogP contribution in [-0.4, -0.2) is 40.2 Å². The lowest BCUT2D eigenvalue weighted by Crippen LogP contribution is -2.64. The molecule has 0 radical (unpaired) electrons. The van der Waals surface area contributed by atoms with Gasteiger partial charge in [-0.2, -0.15) is 0 Å². The SMILES string of the molecule is C[C@]12CCC(OCCO)CC1CC[C@@H]1[C@H]2CC[C@]2(C)C(O)(c3ccoc3)CC[C@@]12O. The minimum atomic E-state index is -1.02. The van der Waals surface area contributed by atoms with Crippen molar-refractivity contribution in [3.63, 3.8) is 0 Å². The van der Waals surface area contributed by atoms with Crippen LogP contribution in [0.1, 0.15) is 77.2 Å². The topological polar surface area (TPSA) is 83.1 Å². The highest BCUT2D eigenvalue weighted by molar-refractivity contribution is 5.30. The molecule has 0 saturated heterocycles. The lowest BCUT2D eigenvalue weighted by molar-refractivity contribution is -0.239. The van der Waals surface area contributed by atoms with Crippen LogP contribution in [0.3, 0.4) is 0 Å². The second kappa shape index (κ2) is 7.06. The monoisotopic (exact) mass is 418 g/mol. The number of aliphatic hydroxyl groups is 3. The molecule has 168 valence electrons. The Morgan fingerprint density at radius 2 is 1.87 bits per heavy atom. The maximum Gasteiger partial charge on any atom is 0.101 e. The van der Waals surface area contributed by atoms with Crippen molar-refractivity contribution in [2.75, 3.05) is 13.2 Å². The average molecular weight is 419 g/mol. The van der Waals surface area contributed by atoms with E-state index in [0.29, 0.717) is 31.3 Å². The van der Waals surface area contributed by atoms with Crippen molar-refractivity contribution in [3.8, 4) is 0 Å². The molecular formula is C25H38O5. The Kier molecular flexibility index (Phi) is 4.94. The van der Waals surface area contributed by atoms with Crippen LogP contribution in [0.5, 0.6) is 0 Å². The Balaban J connectivity index is 1.42. The quantitative estimate of drug-likeness (QED) is 0.688. The van der Waals surface area contributed by atoms with Crippen molar-refractivity contribution in [2.24, 2.45) is 28.6 Å². The number of rotatable bonds is 4. The van der Waals surface area contributed by atoms with Gasteiger partial charge in [0.05, 0.1) is 37.4 Å². The molecule has 4 aliphatic carbocycles. The summed E-state index contributed by atoms with van der Waals surface area (Å²) in [5, 5.41) is 33.2. The second-order valence-corrected chi connectivity index (χ2v) is 11.2. The van der Waals surface area contributed by atoms with Crippen LogP contribution in [0.15, 0.2) is 23.0 Å². The highest BCUT2D eigenvalue weighted by Gasteiger charge is 2.72. The first-order valence-corrected chi connectivity index (χ1v) is 12.0. The normalized spacial score (nSPS) is 50.6. The Hall–Kier alpha value is -0.880. The maximum atomic E-state index is 12.2. The van der Waals surface area contributed by atoms with E-state index in [1.54, 1.807) is 12.5 Å². The molecule has 0 aliphatic heterocycles. The number of fused-ring (bicyclic) bond motifs is 5. The third-order valence-electron chi connectivity index (χ3n) is 10.4. The molecule has 3 unspecified atom stereocenters. The lowest BCUT2D eigenvalue weighted by Gasteiger charge is -2.64. The van der Waals surface area contributed by atoms with Crippen molar-refractivity contribution in [1.82, 2.24) is 0 Å². The zero-order valence-electron chi connectivity index (χ0n) is 18.5. The van der Waals surface area contributed by atoms with E-state index in [0.717, 1.165) is 50.5 Å². The van der Waals surface area contributed by atoms with Gasteiger partial charge in [-0.25, -0.2) is 0 Å². The van der Waals surface area contributed by atoms with Gasteiger partial charge in [-0.05, 0) is 87.0 Å². The summed E-state index contributed by atoms with van der Waals surface area (Å²) in [5.41, 5.74) is -1.35. The fraction of sp³-hybridized carbons (Fsp3) is 0.840. The molecule has 5 heteroatoms. The van der Waals surface area contributed by atoms with Gasteiger partial charge in [0.15, 0.2) is 0 Å². The van der Waals surface area contributed by atoms with Crippen LogP contribution in [-0.2, 0) is 10.3 Å². The minimum Gasteiger partial charge on any atom is -0.472 e. The summed E-state index contributed by atoms with van der Waals surface area (Å²) in [5.74, 6) is 1.37. The molecule has 4 fully saturated rings. The van der Waals surface area contributed by atoms with Gasteiger partial charge in [-0.15, -0.1) is 0 Å². The molecule has 0 aromatic carbocycles. The van der Waals surface area contributed by atoms with Crippen LogP contribution in [0.4, 0.5) is 0 Å². The number of hydrogen-bond donors (Lipinski definition) is 3. The van der Waals surface area contributed by atoms with Crippen LogP contribution < -0.4 is 0 Å². The Morgan fingerprint density at radius 3 is 2.60 bits per heavy atom. The minimum absolute atomic E-state index is 0.0916. The molecule has 1 aromatic heterocycles. The highest BCUT2D eigenvalue weighted by atomic mass is 16.5. The van der Waals surface area contributed by atoms with E-state index < -0.39 is 16.6 Å². The van der Waals surface area contributed by atoms with E-state index in [-0.39, 0.29) is 24.0 Å². The number of ether oxygens (including phenoxy) is 1. The fourth-order valence-electron chi connectivity index (χ4n) is 8.54. The zero-order chi connectivity index (χ0) is 21.2. The van der Waals surface area contributed by atoms with E-state index >= 15 is 0 Å². The summed E-state index contributed by atoms with van der Waals surface area (Å²) < 4.78 is 11.2. The number of furan rings is 1. The molecule has 5 nitrogen and oxygen atoms in total. The molecule has 4 saturated carbocycles. The zero-order valence-corrected chi connectivity index (χ0v) is 18.5. The smallest absolute Gasteiger partial charge is 0.101 e. The summed E-state index contributed by atoms with van der Waals surface area (Å²) >= 11 is 0. The summed E-state index contributed by atoms with van der Waals surface area (Å²) in [4.78, 5) is 0. The third-order valence-corrected chi connectivity index (χ3v) is 10.4. The molecule has 8 atom stereocenters. The third kappa shape index (κ3) is 2.61. The Labute approximate surface area is 179 Å². The van der Waals surface area contributed by atoms with Gasteiger partial charge >= 0.3 is 0 Å². The Morgan fingerprint density at radius 1 is 1.03 bits per heavy atom. The van der Waals surface area contributed by atoms with Crippen LogP contribution in [0, 0.1) is 28.6 Å². The van der Waals surface area contributed by atoms with Crippen molar-refractivity contribution in [3.05, 3.63) is 24.2 Å². The molecule has 4 aliphatic rings. The number of aliphatic hydroxyl groups excluding tert-OH is 1. The highest BCUT2D eigenvalue weighted by Crippen LogP contribution is 2.71. The predicted molar refractivity (Wildman–Crippen MR) is 113 cm³/mol. The maximum absolute atomic E-state index is 12.2.